The van der Waals surface area contributed by atoms with Gasteiger partial charge in [0.15, 0.2) is 11.2 Å². The fraction of sp³-hybridized carbons (Fsp3) is 0.167. The zero-order chi connectivity index (χ0) is 13.2. The van der Waals surface area contributed by atoms with Gasteiger partial charge in [-0.2, -0.15) is 4.98 Å². The highest BCUT2D eigenvalue weighted by Gasteiger charge is 2.10. The van der Waals surface area contributed by atoms with Crippen LogP contribution in [0.15, 0.2) is 35.6 Å². The van der Waals surface area contributed by atoms with Gasteiger partial charge in [0.2, 0.25) is 5.95 Å². The molecular weight excluding hydrogens is 244 g/mol. The molecule has 3 N–H and O–H groups in total. The maximum absolute atomic E-state index is 12.2. The summed E-state index contributed by atoms with van der Waals surface area (Å²) in [6, 6.07) is 3.81. The van der Waals surface area contributed by atoms with E-state index in [2.05, 4.69) is 19.9 Å². The monoisotopic (exact) mass is 256 g/mol. The Morgan fingerprint density at radius 2 is 2.32 bits per heavy atom. The number of anilines is 1. The number of hydrogen-bond donors (Lipinski definition) is 2. The predicted octanol–water partition coefficient (Wildman–Crippen LogP) is 0.339. The summed E-state index contributed by atoms with van der Waals surface area (Å²) >= 11 is 0. The molecule has 0 aliphatic carbocycles. The molecule has 7 nitrogen and oxygen atoms in total. The summed E-state index contributed by atoms with van der Waals surface area (Å²) in [6.45, 7) is 0.457. The van der Waals surface area contributed by atoms with E-state index in [0.29, 0.717) is 24.1 Å². The van der Waals surface area contributed by atoms with Gasteiger partial charge >= 0.3 is 0 Å². The normalized spacial score (nSPS) is 10.9. The summed E-state index contributed by atoms with van der Waals surface area (Å²) in [6.07, 6.45) is 5.58. The number of aryl methyl sites for hydroxylation is 1. The van der Waals surface area contributed by atoms with E-state index in [-0.39, 0.29) is 11.5 Å². The van der Waals surface area contributed by atoms with Crippen LogP contribution in [0.2, 0.25) is 0 Å². The van der Waals surface area contributed by atoms with Gasteiger partial charge in [0, 0.05) is 18.9 Å². The van der Waals surface area contributed by atoms with Crippen molar-refractivity contribution in [1.82, 2.24) is 24.5 Å². The van der Waals surface area contributed by atoms with Crippen LogP contribution in [0.25, 0.3) is 11.2 Å². The number of nitrogen functional groups attached to an aromatic ring is 1. The molecule has 0 aliphatic rings. The summed E-state index contributed by atoms with van der Waals surface area (Å²) < 4.78 is 1.44. The highest BCUT2D eigenvalue weighted by Crippen LogP contribution is 2.06. The number of pyridine rings is 1. The first-order chi connectivity index (χ1) is 9.25. The van der Waals surface area contributed by atoms with E-state index in [1.807, 2.05) is 12.1 Å². The Morgan fingerprint density at radius 3 is 3.11 bits per heavy atom. The topological polar surface area (TPSA) is 102 Å². The summed E-state index contributed by atoms with van der Waals surface area (Å²) in [5.74, 6) is 0.175. The molecule has 0 unspecified atom stereocenters. The van der Waals surface area contributed by atoms with E-state index < -0.39 is 0 Å². The summed E-state index contributed by atoms with van der Waals surface area (Å²) in [4.78, 5) is 27.0. The van der Waals surface area contributed by atoms with E-state index in [9.17, 15) is 4.79 Å². The molecule has 0 aliphatic heterocycles. The van der Waals surface area contributed by atoms with Crippen molar-refractivity contribution in [1.29, 1.82) is 0 Å². The summed E-state index contributed by atoms with van der Waals surface area (Å²) in [5.41, 5.74) is 7.35. The van der Waals surface area contributed by atoms with Crippen LogP contribution in [0.3, 0.4) is 0 Å². The van der Waals surface area contributed by atoms with Crippen LogP contribution in [0.5, 0.6) is 0 Å². The molecule has 0 bridgehead atoms. The number of nitrogens with two attached hydrogens (primary N) is 1. The van der Waals surface area contributed by atoms with Gasteiger partial charge in [-0.15, -0.1) is 0 Å². The Kier molecular flexibility index (Phi) is 2.71. The second kappa shape index (κ2) is 4.52. The summed E-state index contributed by atoms with van der Waals surface area (Å²) in [7, 11) is 0. The largest absolute Gasteiger partial charge is 0.369 e. The first-order valence-electron chi connectivity index (χ1n) is 5.84. The lowest BCUT2D eigenvalue weighted by Gasteiger charge is -2.08. The Bertz CT molecular complexity index is 761. The molecule has 0 radical (unpaired) electrons. The molecule has 3 aromatic rings. The fourth-order valence-electron chi connectivity index (χ4n) is 1.94. The molecule has 3 rings (SSSR count). The zero-order valence-corrected chi connectivity index (χ0v) is 10.1. The minimum Gasteiger partial charge on any atom is -0.369 e. The first-order valence-corrected chi connectivity index (χ1v) is 5.84. The number of rotatable bonds is 3. The molecule has 3 aromatic heterocycles. The van der Waals surface area contributed by atoms with E-state index in [1.54, 1.807) is 12.4 Å². The van der Waals surface area contributed by atoms with Crippen molar-refractivity contribution in [3.05, 3.63) is 46.8 Å². The van der Waals surface area contributed by atoms with Crippen molar-refractivity contribution in [3.63, 3.8) is 0 Å². The first kappa shape index (κ1) is 11.4. The van der Waals surface area contributed by atoms with Gasteiger partial charge < -0.3 is 10.7 Å². The Labute approximate surface area is 108 Å². The van der Waals surface area contributed by atoms with Crippen LogP contribution in [0.4, 0.5) is 5.95 Å². The van der Waals surface area contributed by atoms with Gasteiger partial charge in [0.05, 0.1) is 6.33 Å². The van der Waals surface area contributed by atoms with Crippen molar-refractivity contribution in [2.75, 3.05) is 5.73 Å². The van der Waals surface area contributed by atoms with Crippen molar-refractivity contribution in [2.24, 2.45) is 0 Å². The summed E-state index contributed by atoms with van der Waals surface area (Å²) in [5, 5.41) is 0. The van der Waals surface area contributed by atoms with Crippen LogP contribution in [0, 0.1) is 0 Å². The standard InChI is InChI=1S/C12H12N6O/c13-12-17-10-9(15-7-16-10)11(19)18(12)5-3-8-2-1-4-14-6-8/h1-2,4,6-7H,3,5H2,(H2,13,17)(H,15,16). The number of nitrogens with one attached hydrogen (secondary N) is 1. The molecule has 0 aromatic carbocycles. The van der Waals surface area contributed by atoms with Gasteiger partial charge in [-0.05, 0) is 18.1 Å². The van der Waals surface area contributed by atoms with Crippen molar-refractivity contribution in [3.8, 4) is 0 Å². The fourth-order valence-corrected chi connectivity index (χ4v) is 1.94. The highest BCUT2D eigenvalue weighted by molar-refractivity contribution is 5.69. The number of imidazole rings is 1. The molecule has 0 saturated carbocycles. The third-order valence-corrected chi connectivity index (χ3v) is 2.92. The lowest BCUT2D eigenvalue weighted by Crippen LogP contribution is -2.25. The lowest BCUT2D eigenvalue weighted by molar-refractivity contribution is 0.672. The molecule has 0 fully saturated rings. The van der Waals surface area contributed by atoms with Gasteiger partial charge in [-0.3, -0.25) is 14.3 Å². The quantitative estimate of drug-likeness (QED) is 0.703. The zero-order valence-electron chi connectivity index (χ0n) is 10.1. The Balaban J connectivity index is 1.94. The van der Waals surface area contributed by atoms with E-state index >= 15 is 0 Å². The Morgan fingerprint density at radius 1 is 1.42 bits per heavy atom. The number of fused-ring (bicyclic) bond motifs is 1. The number of hydrogen-bond acceptors (Lipinski definition) is 5. The predicted molar refractivity (Wildman–Crippen MR) is 70.5 cm³/mol. The van der Waals surface area contributed by atoms with Crippen LogP contribution in [-0.4, -0.2) is 24.5 Å². The third-order valence-electron chi connectivity index (χ3n) is 2.92. The molecule has 0 saturated heterocycles. The average molecular weight is 256 g/mol. The van der Waals surface area contributed by atoms with Gasteiger partial charge in [0.1, 0.15) is 0 Å². The van der Waals surface area contributed by atoms with E-state index in [1.165, 1.54) is 10.9 Å². The second-order valence-electron chi connectivity index (χ2n) is 4.14. The molecule has 96 valence electrons. The number of nitrogens with zero attached hydrogens (tertiary/aromatic N) is 4. The maximum atomic E-state index is 12.2. The number of aromatic nitrogens is 5. The van der Waals surface area contributed by atoms with E-state index in [4.69, 9.17) is 5.73 Å². The van der Waals surface area contributed by atoms with E-state index in [0.717, 1.165) is 5.56 Å². The van der Waals surface area contributed by atoms with Crippen LogP contribution in [-0.2, 0) is 13.0 Å². The van der Waals surface area contributed by atoms with Crippen molar-refractivity contribution < 1.29 is 0 Å². The molecule has 0 amide bonds. The molecular formula is C12H12N6O. The molecule has 0 spiro atoms. The number of H-pyrrole nitrogens is 1. The van der Waals surface area contributed by atoms with Crippen LogP contribution in [0.1, 0.15) is 5.56 Å². The average Bonchev–Trinajstić information content (AvgIpc) is 2.88. The van der Waals surface area contributed by atoms with Crippen LogP contribution >= 0.6 is 0 Å². The maximum Gasteiger partial charge on any atom is 0.280 e. The van der Waals surface area contributed by atoms with Crippen molar-refractivity contribution in [2.45, 2.75) is 13.0 Å². The molecule has 3 heterocycles. The SMILES string of the molecule is Nc1nc2nc[nH]c2c(=O)n1CCc1cccnc1. The lowest BCUT2D eigenvalue weighted by atomic mass is 10.2. The van der Waals surface area contributed by atoms with Gasteiger partial charge in [-0.25, -0.2) is 4.98 Å². The van der Waals surface area contributed by atoms with Gasteiger partial charge in [0.25, 0.3) is 5.56 Å². The molecule has 7 heteroatoms. The number of aromatic amines is 1. The Hall–Kier alpha value is -2.70. The highest BCUT2D eigenvalue weighted by atomic mass is 16.1. The van der Waals surface area contributed by atoms with Gasteiger partial charge in [-0.1, -0.05) is 6.07 Å². The molecule has 0 atom stereocenters. The smallest absolute Gasteiger partial charge is 0.280 e. The van der Waals surface area contributed by atoms with Crippen LogP contribution < -0.4 is 11.3 Å². The van der Waals surface area contributed by atoms with Crippen molar-refractivity contribution >= 4 is 17.1 Å². The minimum atomic E-state index is -0.205. The molecule has 19 heavy (non-hydrogen) atoms. The third kappa shape index (κ3) is 2.05. The minimum absolute atomic E-state index is 0.175. The second-order valence-corrected chi connectivity index (χ2v) is 4.14.